The van der Waals surface area contributed by atoms with Crippen molar-refractivity contribution in [2.24, 2.45) is 7.05 Å². The fraction of sp³-hybridized carbons (Fsp3) is 0.318. The van der Waals surface area contributed by atoms with Gasteiger partial charge < -0.3 is 25.0 Å². The number of hydrogen-bond acceptors (Lipinski definition) is 6. The van der Waals surface area contributed by atoms with Gasteiger partial charge in [-0.2, -0.15) is 0 Å². The highest BCUT2D eigenvalue weighted by Crippen LogP contribution is 2.34. The summed E-state index contributed by atoms with van der Waals surface area (Å²) in [4.78, 5) is 26.1. The van der Waals surface area contributed by atoms with Crippen molar-refractivity contribution in [1.29, 1.82) is 0 Å². The molecule has 0 bridgehead atoms. The van der Waals surface area contributed by atoms with Crippen molar-refractivity contribution in [3.05, 3.63) is 54.1 Å². The Labute approximate surface area is 175 Å². The topological polar surface area (TPSA) is 78.3 Å². The standard InChI is InChI=1S/C22H25N7O/c1-27-7-9-29(10-8-27)15-3-6-20(24-11-15)26-18-5-4-16(19-13-23-14-28(19)2)17-12-25-22(30)21(17)18/h3-6,11,13-14H,7-10,12H2,1-2H3,(H,24,26)(H,25,30). The molecule has 1 aromatic carbocycles. The third kappa shape index (κ3) is 3.29. The quantitative estimate of drug-likeness (QED) is 0.696. The molecule has 0 saturated carbocycles. The number of likely N-dealkylation sites (N-methyl/N-ethyl adjacent to an activating group) is 1. The average Bonchev–Trinajstić information content (AvgIpc) is 3.36. The van der Waals surface area contributed by atoms with Gasteiger partial charge in [-0.1, -0.05) is 6.07 Å². The van der Waals surface area contributed by atoms with Crippen LogP contribution in [0.4, 0.5) is 17.2 Å². The minimum absolute atomic E-state index is 0.0643. The van der Waals surface area contributed by atoms with E-state index in [0.29, 0.717) is 12.1 Å². The molecule has 0 aliphatic carbocycles. The van der Waals surface area contributed by atoms with Crippen LogP contribution in [0.15, 0.2) is 43.0 Å². The summed E-state index contributed by atoms with van der Waals surface area (Å²) in [5.74, 6) is 0.661. The van der Waals surface area contributed by atoms with E-state index in [1.165, 1.54) is 0 Å². The fourth-order valence-electron chi connectivity index (χ4n) is 4.16. The maximum Gasteiger partial charge on any atom is 0.254 e. The molecule has 2 N–H and O–H groups in total. The molecule has 2 aliphatic rings. The second kappa shape index (κ2) is 7.46. The van der Waals surface area contributed by atoms with Gasteiger partial charge in [-0.25, -0.2) is 9.97 Å². The van der Waals surface area contributed by atoms with E-state index in [-0.39, 0.29) is 5.91 Å². The predicted octanol–water partition coefficient (Wildman–Crippen LogP) is 2.22. The Balaban J connectivity index is 1.41. The number of nitrogens with one attached hydrogen (secondary N) is 2. The third-order valence-corrected chi connectivity index (χ3v) is 5.94. The number of piperazine rings is 1. The molecule has 0 unspecified atom stereocenters. The largest absolute Gasteiger partial charge is 0.368 e. The van der Waals surface area contributed by atoms with Crippen LogP contribution in [-0.2, 0) is 13.6 Å². The Bertz CT molecular complexity index is 1080. The molecule has 1 amide bonds. The molecule has 1 saturated heterocycles. The number of carbonyl (C=O) groups is 1. The van der Waals surface area contributed by atoms with Gasteiger partial charge in [0, 0.05) is 45.3 Å². The van der Waals surface area contributed by atoms with Crippen LogP contribution in [0.5, 0.6) is 0 Å². The number of aryl methyl sites for hydroxylation is 1. The Morgan fingerprint density at radius 1 is 1.03 bits per heavy atom. The molecular weight excluding hydrogens is 378 g/mol. The van der Waals surface area contributed by atoms with Crippen molar-refractivity contribution in [3.63, 3.8) is 0 Å². The number of nitrogens with zero attached hydrogens (tertiary/aromatic N) is 5. The zero-order valence-corrected chi connectivity index (χ0v) is 17.2. The lowest BCUT2D eigenvalue weighted by Gasteiger charge is -2.33. The van der Waals surface area contributed by atoms with Crippen molar-refractivity contribution in [3.8, 4) is 11.3 Å². The number of aromatic nitrogens is 3. The van der Waals surface area contributed by atoms with Gasteiger partial charge in [0.15, 0.2) is 0 Å². The molecular formula is C22H25N7O. The average molecular weight is 403 g/mol. The van der Waals surface area contributed by atoms with E-state index in [2.05, 4.69) is 43.5 Å². The highest BCUT2D eigenvalue weighted by Gasteiger charge is 2.27. The summed E-state index contributed by atoms with van der Waals surface area (Å²) >= 11 is 0. The van der Waals surface area contributed by atoms with Crippen molar-refractivity contribution in [1.82, 2.24) is 24.8 Å². The van der Waals surface area contributed by atoms with Crippen molar-refractivity contribution in [2.75, 3.05) is 43.4 Å². The van der Waals surface area contributed by atoms with Crippen LogP contribution < -0.4 is 15.5 Å². The summed E-state index contributed by atoms with van der Waals surface area (Å²) in [7, 11) is 4.10. The second-order valence-electron chi connectivity index (χ2n) is 7.90. The van der Waals surface area contributed by atoms with E-state index in [4.69, 9.17) is 0 Å². The number of hydrogen-bond donors (Lipinski definition) is 2. The van der Waals surface area contributed by atoms with E-state index in [1.807, 2.05) is 42.2 Å². The molecule has 8 nitrogen and oxygen atoms in total. The van der Waals surface area contributed by atoms with Gasteiger partial charge in [0.1, 0.15) is 5.82 Å². The Kier molecular flexibility index (Phi) is 4.63. The number of carbonyl (C=O) groups excluding carboxylic acids is 1. The first-order valence-corrected chi connectivity index (χ1v) is 10.2. The lowest BCUT2D eigenvalue weighted by molar-refractivity contribution is 0.0966. The lowest BCUT2D eigenvalue weighted by atomic mass is 9.99. The van der Waals surface area contributed by atoms with Gasteiger partial charge in [0.05, 0.1) is 41.4 Å². The summed E-state index contributed by atoms with van der Waals surface area (Å²) in [6, 6.07) is 8.05. The number of rotatable bonds is 4. The lowest BCUT2D eigenvalue weighted by Crippen LogP contribution is -2.44. The van der Waals surface area contributed by atoms with Crippen LogP contribution in [0.2, 0.25) is 0 Å². The first-order valence-electron chi connectivity index (χ1n) is 10.2. The van der Waals surface area contributed by atoms with Crippen LogP contribution in [0, 0.1) is 0 Å². The highest BCUT2D eigenvalue weighted by atomic mass is 16.1. The van der Waals surface area contributed by atoms with Gasteiger partial charge >= 0.3 is 0 Å². The minimum Gasteiger partial charge on any atom is -0.368 e. The molecule has 0 spiro atoms. The van der Waals surface area contributed by atoms with Crippen LogP contribution in [-0.4, -0.2) is 58.6 Å². The molecule has 2 aromatic heterocycles. The maximum absolute atomic E-state index is 12.6. The Morgan fingerprint density at radius 3 is 2.57 bits per heavy atom. The molecule has 1 fully saturated rings. The number of pyridine rings is 1. The van der Waals surface area contributed by atoms with Crippen molar-refractivity contribution < 1.29 is 4.79 Å². The first-order chi connectivity index (χ1) is 14.6. The minimum atomic E-state index is -0.0643. The third-order valence-electron chi connectivity index (χ3n) is 5.94. The zero-order valence-electron chi connectivity index (χ0n) is 17.2. The monoisotopic (exact) mass is 403 g/mol. The van der Waals surface area contributed by atoms with Crippen LogP contribution >= 0.6 is 0 Å². The van der Waals surface area contributed by atoms with Gasteiger partial charge in [-0.05, 0) is 30.8 Å². The smallest absolute Gasteiger partial charge is 0.254 e. The molecule has 8 heteroatoms. The van der Waals surface area contributed by atoms with E-state index in [0.717, 1.165) is 60.2 Å². The van der Waals surface area contributed by atoms with Gasteiger partial charge in [0.25, 0.3) is 5.91 Å². The summed E-state index contributed by atoms with van der Waals surface area (Å²) in [5, 5.41) is 6.29. The Morgan fingerprint density at radius 2 is 1.87 bits per heavy atom. The van der Waals surface area contributed by atoms with Crippen molar-refractivity contribution >= 4 is 23.1 Å². The summed E-state index contributed by atoms with van der Waals surface area (Å²) in [6.45, 7) is 4.65. The summed E-state index contributed by atoms with van der Waals surface area (Å²) in [5.41, 5.74) is 5.58. The molecule has 2 aliphatic heterocycles. The Hall–Kier alpha value is -3.39. The van der Waals surface area contributed by atoms with E-state index in [1.54, 1.807) is 6.33 Å². The summed E-state index contributed by atoms with van der Waals surface area (Å²) < 4.78 is 1.96. The number of fused-ring (bicyclic) bond motifs is 1. The molecule has 4 heterocycles. The molecule has 3 aromatic rings. The van der Waals surface area contributed by atoms with Crippen LogP contribution in [0.1, 0.15) is 15.9 Å². The highest BCUT2D eigenvalue weighted by molar-refractivity contribution is 6.06. The van der Waals surface area contributed by atoms with Crippen LogP contribution in [0.3, 0.4) is 0 Å². The maximum atomic E-state index is 12.6. The number of anilines is 3. The molecule has 154 valence electrons. The van der Waals surface area contributed by atoms with Gasteiger partial charge in [-0.3, -0.25) is 4.79 Å². The van der Waals surface area contributed by atoms with E-state index >= 15 is 0 Å². The van der Waals surface area contributed by atoms with Gasteiger partial charge in [-0.15, -0.1) is 0 Å². The SMILES string of the molecule is CN1CCN(c2ccc(Nc3ccc(-c4cncn4C)c4c3C(=O)NC4)nc2)CC1. The number of benzene rings is 1. The van der Waals surface area contributed by atoms with Crippen molar-refractivity contribution in [2.45, 2.75) is 6.54 Å². The second-order valence-corrected chi connectivity index (χ2v) is 7.90. The van der Waals surface area contributed by atoms with E-state index in [9.17, 15) is 4.79 Å². The molecule has 30 heavy (non-hydrogen) atoms. The number of amides is 1. The molecule has 0 radical (unpaired) electrons. The fourth-order valence-corrected chi connectivity index (χ4v) is 4.16. The number of imidazole rings is 1. The predicted molar refractivity (Wildman–Crippen MR) is 117 cm³/mol. The zero-order chi connectivity index (χ0) is 20.7. The summed E-state index contributed by atoms with van der Waals surface area (Å²) in [6.07, 6.45) is 5.49. The van der Waals surface area contributed by atoms with Gasteiger partial charge in [0.2, 0.25) is 0 Å². The van der Waals surface area contributed by atoms with Crippen LogP contribution in [0.25, 0.3) is 11.3 Å². The normalized spacial score (nSPS) is 16.5. The van der Waals surface area contributed by atoms with E-state index < -0.39 is 0 Å². The molecule has 5 rings (SSSR count). The molecule has 0 atom stereocenters. The first kappa shape index (κ1) is 18.6.